The summed E-state index contributed by atoms with van der Waals surface area (Å²) in [7, 11) is 0. The number of carbonyl (C=O) groups excluding carboxylic acids is 1. The fourth-order valence-electron chi connectivity index (χ4n) is 1.67. The van der Waals surface area contributed by atoms with E-state index >= 15 is 0 Å². The van der Waals surface area contributed by atoms with Crippen molar-refractivity contribution in [1.29, 1.82) is 5.26 Å². The number of amides is 1. The van der Waals surface area contributed by atoms with Crippen LogP contribution in [0.25, 0.3) is 0 Å². The number of nitriles is 1. The fraction of sp³-hybridized carbons (Fsp3) is 0.333. The molecule has 0 aliphatic rings. The summed E-state index contributed by atoms with van der Waals surface area (Å²) in [6, 6.07) is 4.19. The number of rotatable bonds is 6. The van der Waals surface area contributed by atoms with Gasteiger partial charge in [-0.05, 0) is 24.6 Å². The molecule has 0 fully saturated rings. The van der Waals surface area contributed by atoms with Gasteiger partial charge in [-0.3, -0.25) is 4.79 Å². The number of carbonyl (C=O) groups is 1. The molecule has 1 atom stereocenters. The molecule has 1 aromatic carbocycles. The van der Waals surface area contributed by atoms with Gasteiger partial charge in [0.1, 0.15) is 11.6 Å². The molecule has 5 nitrogen and oxygen atoms in total. The zero-order chi connectivity index (χ0) is 18.3. The number of nitrogens with zero attached hydrogens (tertiary/aromatic N) is 1. The average Bonchev–Trinajstić information content (AvgIpc) is 2.52. The van der Waals surface area contributed by atoms with Gasteiger partial charge >= 0.3 is 6.18 Å². The molecule has 0 radical (unpaired) electrons. The van der Waals surface area contributed by atoms with Crippen molar-refractivity contribution in [3.63, 3.8) is 0 Å². The maximum atomic E-state index is 12.8. The Hall–Kier alpha value is -2.24. The molecule has 130 valence electrons. The van der Waals surface area contributed by atoms with Gasteiger partial charge in [-0.15, -0.1) is 0 Å². The molecule has 9 heteroatoms. The minimum Gasteiger partial charge on any atom is -0.394 e. The van der Waals surface area contributed by atoms with E-state index in [-0.39, 0.29) is 23.9 Å². The number of nitrogens with one attached hydrogen (secondary N) is 2. The normalized spacial score (nSPS) is 13.1. The zero-order valence-corrected chi connectivity index (χ0v) is 13.4. The summed E-state index contributed by atoms with van der Waals surface area (Å²) in [5.74, 6) is -0.881. The van der Waals surface area contributed by atoms with E-state index in [9.17, 15) is 18.0 Å². The van der Waals surface area contributed by atoms with Gasteiger partial charge < -0.3 is 15.7 Å². The van der Waals surface area contributed by atoms with Crippen LogP contribution in [0.5, 0.6) is 0 Å². The highest BCUT2D eigenvalue weighted by atomic mass is 35.5. The quantitative estimate of drug-likeness (QED) is 0.537. The predicted octanol–water partition coefficient (Wildman–Crippen LogP) is 3.07. The Morgan fingerprint density at radius 2 is 2.17 bits per heavy atom. The first-order chi connectivity index (χ1) is 11.2. The Balaban J connectivity index is 2.94. The number of anilines is 1. The number of hydrogen-bond donors (Lipinski definition) is 3. The van der Waals surface area contributed by atoms with Crippen LogP contribution in [0.3, 0.4) is 0 Å². The molecule has 0 spiro atoms. The van der Waals surface area contributed by atoms with Gasteiger partial charge in [0.25, 0.3) is 5.91 Å². The van der Waals surface area contributed by atoms with Gasteiger partial charge in [0.05, 0.1) is 17.2 Å². The van der Waals surface area contributed by atoms with E-state index < -0.39 is 22.7 Å². The third-order valence-electron chi connectivity index (χ3n) is 3.07. The smallest absolute Gasteiger partial charge is 0.394 e. The second-order valence-corrected chi connectivity index (χ2v) is 5.18. The second kappa shape index (κ2) is 8.57. The van der Waals surface area contributed by atoms with Gasteiger partial charge in [-0.2, -0.15) is 18.4 Å². The Morgan fingerprint density at radius 3 is 2.67 bits per heavy atom. The number of alkyl halides is 3. The lowest BCUT2D eigenvalue weighted by molar-refractivity contribution is -0.137. The molecule has 0 aliphatic carbocycles. The number of halogens is 4. The summed E-state index contributed by atoms with van der Waals surface area (Å²) in [6.07, 6.45) is -3.00. The summed E-state index contributed by atoms with van der Waals surface area (Å²) in [5, 5.41) is 22.4. The molecule has 0 aliphatic heterocycles. The summed E-state index contributed by atoms with van der Waals surface area (Å²) in [4.78, 5) is 12.0. The molecule has 0 saturated carbocycles. The van der Waals surface area contributed by atoms with Crippen molar-refractivity contribution in [1.82, 2.24) is 5.32 Å². The van der Waals surface area contributed by atoms with Crippen LogP contribution < -0.4 is 10.6 Å². The average molecular weight is 362 g/mol. The summed E-state index contributed by atoms with van der Waals surface area (Å²) in [5.41, 5.74) is -1.58. The predicted molar refractivity (Wildman–Crippen MR) is 83.1 cm³/mol. The van der Waals surface area contributed by atoms with Crippen LogP contribution in [0.1, 0.15) is 18.9 Å². The molecule has 1 unspecified atom stereocenters. The van der Waals surface area contributed by atoms with Crippen LogP contribution in [0.4, 0.5) is 18.9 Å². The van der Waals surface area contributed by atoms with Crippen LogP contribution in [0.15, 0.2) is 30.0 Å². The van der Waals surface area contributed by atoms with Crippen LogP contribution in [-0.4, -0.2) is 23.7 Å². The Bertz CT molecular complexity index is 665. The molecule has 3 N–H and O–H groups in total. The second-order valence-electron chi connectivity index (χ2n) is 4.77. The molecule has 24 heavy (non-hydrogen) atoms. The monoisotopic (exact) mass is 361 g/mol. The molecular weight excluding hydrogens is 347 g/mol. The molecule has 0 bridgehead atoms. The molecule has 0 heterocycles. The largest absolute Gasteiger partial charge is 0.417 e. The summed E-state index contributed by atoms with van der Waals surface area (Å²) >= 11 is 5.49. The van der Waals surface area contributed by atoms with Gasteiger partial charge in [0.2, 0.25) is 0 Å². The van der Waals surface area contributed by atoms with E-state index in [0.29, 0.717) is 12.5 Å². The molecule has 1 aromatic rings. The van der Waals surface area contributed by atoms with Crippen LogP contribution >= 0.6 is 11.6 Å². The number of aliphatic hydroxyl groups is 1. The summed E-state index contributed by atoms with van der Waals surface area (Å²) in [6.45, 7) is 1.60. The lowest BCUT2D eigenvalue weighted by atomic mass is 10.2. The van der Waals surface area contributed by atoms with E-state index in [4.69, 9.17) is 22.0 Å². The van der Waals surface area contributed by atoms with Crippen molar-refractivity contribution in [3.8, 4) is 6.07 Å². The number of aliphatic hydroxyl groups excluding tert-OH is 1. The molecule has 0 saturated heterocycles. The zero-order valence-electron chi connectivity index (χ0n) is 12.6. The van der Waals surface area contributed by atoms with Crippen molar-refractivity contribution < 1.29 is 23.1 Å². The molecular formula is C15H15ClF3N3O2. The lowest BCUT2D eigenvalue weighted by Crippen LogP contribution is -2.28. The highest BCUT2D eigenvalue weighted by Crippen LogP contribution is 2.36. The molecule has 1 amide bonds. The van der Waals surface area contributed by atoms with E-state index in [1.807, 2.05) is 0 Å². The van der Waals surface area contributed by atoms with Crippen molar-refractivity contribution >= 4 is 23.2 Å². The third kappa shape index (κ3) is 5.44. The Kier molecular flexibility index (Phi) is 7.07. The van der Waals surface area contributed by atoms with E-state index in [2.05, 4.69) is 10.6 Å². The van der Waals surface area contributed by atoms with Crippen LogP contribution in [0.2, 0.25) is 5.02 Å². The van der Waals surface area contributed by atoms with Crippen molar-refractivity contribution in [2.75, 3.05) is 11.9 Å². The van der Waals surface area contributed by atoms with Crippen molar-refractivity contribution in [2.24, 2.45) is 0 Å². The lowest BCUT2D eigenvalue weighted by Gasteiger charge is -2.13. The van der Waals surface area contributed by atoms with Gasteiger partial charge in [0, 0.05) is 17.9 Å². The maximum Gasteiger partial charge on any atom is 0.417 e. The first-order valence-electron chi connectivity index (χ1n) is 6.88. The van der Waals surface area contributed by atoms with Crippen molar-refractivity contribution in [2.45, 2.75) is 25.6 Å². The highest BCUT2D eigenvalue weighted by molar-refractivity contribution is 6.31. The third-order valence-corrected chi connectivity index (χ3v) is 3.40. The van der Waals surface area contributed by atoms with Gasteiger partial charge in [-0.1, -0.05) is 18.5 Å². The Morgan fingerprint density at radius 1 is 1.50 bits per heavy atom. The topological polar surface area (TPSA) is 85.2 Å². The van der Waals surface area contributed by atoms with Gasteiger partial charge in [0.15, 0.2) is 0 Å². The Labute approximate surface area is 141 Å². The SMILES string of the molecule is CCC(CO)N/C=C(/C#N)C(=O)Nc1ccc(Cl)c(C(F)(F)F)c1. The van der Waals surface area contributed by atoms with Crippen molar-refractivity contribution in [3.05, 3.63) is 40.6 Å². The standard InChI is InChI=1S/C15H15ClF3N3O2/c1-2-10(8-23)21-7-9(6-20)14(24)22-11-3-4-13(16)12(5-11)15(17,18)19/h3-5,7,10,21,23H,2,8H2,1H3,(H,22,24)/b9-7-. The van der Waals surface area contributed by atoms with Gasteiger partial charge in [-0.25, -0.2) is 0 Å². The minimum absolute atomic E-state index is 0.146. The first-order valence-corrected chi connectivity index (χ1v) is 7.26. The van der Waals surface area contributed by atoms with E-state index in [1.54, 1.807) is 13.0 Å². The minimum atomic E-state index is -4.66. The maximum absolute atomic E-state index is 12.8. The molecule has 1 rings (SSSR count). The molecule has 0 aromatic heterocycles. The van der Waals surface area contributed by atoms with Crippen LogP contribution in [0, 0.1) is 11.3 Å². The fourth-order valence-corrected chi connectivity index (χ4v) is 1.89. The van der Waals surface area contributed by atoms with Crippen LogP contribution in [-0.2, 0) is 11.0 Å². The number of benzene rings is 1. The van der Waals surface area contributed by atoms with E-state index in [1.165, 1.54) is 6.07 Å². The summed E-state index contributed by atoms with van der Waals surface area (Å²) < 4.78 is 38.4. The van der Waals surface area contributed by atoms with E-state index in [0.717, 1.165) is 12.3 Å². The first kappa shape index (κ1) is 19.8. The number of hydrogen-bond acceptors (Lipinski definition) is 4. The highest BCUT2D eigenvalue weighted by Gasteiger charge is 2.33.